The fourth-order valence-corrected chi connectivity index (χ4v) is 4.05. The maximum atomic E-state index is 13.9. The third-order valence-corrected chi connectivity index (χ3v) is 5.70. The van der Waals surface area contributed by atoms with E-state index in [0.29, 0.717) is 22.2 Å². The Bertz CT molecular complexity index is 1590. The van der Waals surface area contributed by atoms with E-state index < -0.39 is 5.97 Å². The van der Waals surface area contributed by atoms with Crippen LogP contribution in [0.5, 0.6) is 5.75 Å². The first kappa shape index (κ1) is 22.0. The minimum absolute atomic E-state index is 0.218. The fourth-order valence-electron chi connectivity index (χ4n) is 4.05. The van der Waals surface area contributed by atoms with Crippen LogP contribution in [0.25, 0.3) is 33.3 Å². The smallest absolute Gasteiger partial charge is 0.360 e. The normalized spacial score (nSPS) is 10.9. The standard InChI is InChI=1S/C27H20N4O4/c1-35-27(34)23-25(32)21-12-20(18-10-6-3-7-11-18)26(33)31(15-17-8-4-2-5-9-17)24(21)22(30-23)19-13-28-16-29-14-19/h2-14,16,32H,15H2,1H3. The summed E-state index contributed by atoms with van der Waals surface area (Å²) in [4.78, 5) is 39.0. The van der Waals surface area contributed by atoms with Gasteiger partial charge >= 0.3 is 5.97 Å². The highest BCUT2D eigenvalue weighted by atomic mass is 16.5. The molecule has 0 amide bonds. The van der Waals surface area contributed by atoms with Crippen LogP contribution in [0.2, 0.25) is 0 Å². The molecule has 0 spiro atoms. The van der Waals surface area contributed by atoms with Gasteiger partial charge in [-0.3, -0.25) is 4.79 Å². The van der Waals surface area contributed by atoms with Gasteiger partial charge in [0.15, 0.2) is 11.4 Å². The Morgan fingerprint density at radius 1 is 0.971 bits per heavy atom. The zero-order chi connectivity index (χ0) is 24.4. The predicted octanol–water partition coefficient (Wildman–Crippen LogP) is 4.06. The van der Waals surface area contributed by atoms with E-state index in [1.165, 1.54) is 25.8 Å². The average Bonchev–Trinajstić information content (AvgIpc) is 2.91. The van der Waals surface area contributed by atoms with Crippen LogP contribution >= 0.6 is 0 Å². The van der Waals surface area contributed by atoms with Crippen LogP contribution in [-0.2, 0) is 11.3 Å². The number of fused-ring (bicyclic) bond motifs is 1. The lowest BCUT2D eigenvalue weighted by Crippen LogP contribution is -2.24. The van der Waals surface area contributed by atoms with E-state index in [0.717, 1.165) is 5.56 Å². The van der Waals surface area contributed by atoms with E-state index in [2.05, 4.69) is 15.0 Å². The SMILES string of the molecule is COC(=O)c1nc(-c2cncnc2)c2c(cc(-c3ccccc3)c(=O)n2Cc2ccccc2)c1O. The summed E-state index contributed by atoms with van der Waals surface area (Å²) in [6, 6.07) is 20.3. The molecular formula is C27H20N4O4. The van der Waals surface area contributed by atoms with Gasteiger partial charge in [-0.05, 0) is 17.2 Å². The monoisotopic (exact) mass is 464 g/mol. The number of methoxy groups -OCH3 is 1. The minimum atomic E-state index is -0.801. The highest BCUT2D eigenvalue weighted by Gasteiger charge is 2.25. The van der Waals surface area contributed by atoms with Crippen LogP contribution in [0.4, 0.5) is 0 Å². The number of esters is 1. The number of nitrogens with zero attached hydrogens (tertiary/aromatic N) is 4. The van der Waals surface area contributed by atoms with Crippen molar-refractivity contribution in [3.8, 4) is 28.1 Å². The molecule has 3 aromatic heterocycles. The maximum absolute atomic E-state index is 13.9. The number of hydrogen-bond donors (Lipinski definition) is 1. The summed E-state index contributed by atoms with van der Waals surface area (Å²) in [6.45, 7) is 0.218. The molecule has 35 heavy (non-hydrogen) atoms. The number of pyridine rings is 2. The molecule has 0 saturated carbocycles. The molecule has 8 nitrogen and oxygen atoms in total. The number of ether oxygens (including phenoxy) is 1. The lowest BCUT2D eigenvalue weighted by atomic mass is 10.0. The fraction of sp³-hybridized carbons (Fsp3) is 0.0741. The zero-order valence-electron chi connectivity index (χ0n) is 18.8. The van der Waals surface area contributed by atoms with Crippen LogP contribution in [-0.4, -0.2) is 37.7 Å². The molecule has 0 unspecified atom stereocenters. The van der Waals surface area contributed by atoms with Crippen molar-refractivity contribution in [2.75, 3.05) is 7.11 Å². The second-order valence-corrected chi connectivity index (χ2v) is 7.84. The van der Waals surface area contributed by atoms with E-state index in [9.17, 15) is 14.7 Å². The minimum Gasteiger partial charge on any atom is -0.505 e. The predicted molar refractivity (Wildman–Crippen MR) is 131 cm³/mol. The first-order chi connectivity index (χ1) is 17.1. The molecule has 172 valence electrons. The number of benzene rings is 2. The summed E-state index contributed by atoms with van der Waals surface area (Å²) in [6.07, 6.45) is 4.45. The van der Waals surface area contributed by atoms with Crippen LogP contribution < -0.4 is 5.56 Å². The Hall–Kier alpha value is -4.85. The van der Waals surface area contributed by atoms with Gasteiger partial charge in [-0.1, -0.05) is 60.7 Å². The number of rotatable bonds is 5. The molecule has 5 rings (SSSR count). The molecule has 0 saturated heterocycles. The van der Waals surface area contributed by atoms with Crippen molar-refractivity contribution in [3.05, 3.63) is 107 Å². The summed E-state index contributed by atoms with van der Waals surface area (Å²) in [5.74, 6) is -1.17. The number of hydrogen-bond acceptors (Lipinski definition) is 7. The molecule has 0 bridgehead atoms. The highest BCUT2D eigenvalue weighted by Crippen LogP contribution is 2.36. The average molecular weight is 464 g/mol. The number of carbonyl (C=O) groups excluding carboxylic acids is 1. The Morgan fingerprint density at radius 2 is 1.63 bits per heavy atom. The van der Waals surface area contributed by atoms with Crippen LogP contribution in [0.15, 0.2) is 90.2 Å². The lowest BCUT2D eigenvalue weighted by Gasteiger charge is -2.18. The zero-order valence-corrected chi connectivity index (χ0v) is 18.8. The molecular weight excluding hydrogens is 444 g/mol. The van der Waals surface area contributed by atoms with Gasteiger partial charge in [0.2, 0.25) is 0 Å². The van der Waals surface area contributed by atoms with Crippen LogP contribution in [0.1, 0.15) is 16.1 Å². The Labute approximate surface area is 200 Å². The van der Waals surface area contributed by atoms with Gasteiger partial charge in [0.05, 0.1) is 24.9 Å². The van der Waals surface area contributed by atoms with Gasteiger partial charge in [-0.15, -0.1) is 0 Å². The molecule has 0 radical (unpaired) electrons. The van der Waals surface area contributed by atoms with Gasteiger partial charge in [0.1, 0.15) is 6.33 Å². The van der Waals surface area contributed by atoms with Crippen molar-refractivity contribution in [2.24, 2.45) is 0 Å². The second-order valence-electron chi connectivity index (χ2n) is 7.84. The van der Waals surface area contributed by atoms with Crippen molar-refractivity contribution in [1.82, 2.24) is 19.5 Å². The molecule has 0 aliphatic heterocycles. The topological polar surface area (TPSA) is 107 Å². The largest absolute Gasteiger partial charge is 0.505 e. The molecule has 0 aliphatic carbocycles. The van der Waals surface area contributed by atoms with Gasteiger partial charge in [0, 0.05) is 28.9 Å². The van der Waals surface area contributed by atoms with Gasteiger partial charge in [0.25, 0.3) is 5.56 Å². The molecule has 1 N–H and O–H groups in total. The van der Waals surface area contributed by atoms with E-state index in [4.69, 9.17) is 4.74 Å². The lowest BCUT2D eigenvalue weighted by molar-refractivity contribution is 0.0591. The highest BCUT2D eigenvalue weighted by molar-refractivity contribution is 6.04. The van der Waals surface area contributed by atoms with Crippen molar-refractivity contribution < 1.29 is 14.6 Å². The van der Waals surface area contributed by atoms with Crippen LogP contribution in [0.3, 0.4) is 0 Å². The van der Waals surface area contributed by atoms with Crippen molar-refractivity contribution >= 4 is 16.9 Å². The molecule has 2 aromatic carbocycles. The Balaban J connectivity index is 1.94. The first-order valence-electron chi connectivity index (χ1n) is 10.8. The van der Waals surface area contributed by atoms with E-state index in [1.807, 2.05) is 60.7 Å². The molecule has 5 aromatic rings. The third kappa shape index (κ3) is 4.02. The van der Waals surface area contributed by atoms with Crippen molar-refractivity contribution in [1.29, 1.82) is 0 Å². The molecule has 8 heteroatoms. The number of carbonyl (C=O) groups is 1. The summed E-state index contributed by atoms with van der Waals surface area (Å²) < 4.78 is 6.42. The summed E-state index contributed by atoms with van der Waals surface area (Å²) >= 11 is 0. The van der Waals surface area contributed by atoms with Gasteiger partial charge in [-0.25, -0.2) is 19.7 Å². The van der Waals surface area contributed by atoms with Gasteiger partial charge in [-0.2, -0.15) is 0 Å². The third-order valence-electron chi connectivity index (χ3n) is 5.70. The Kier molecular flexibility index (Phi) is 5.76. The van der Waals surface area contributed by atoms with E-state index in [1.54, 1.807) is 10.6 Å². The summed E-state index contributed by atoms with van der Waals surface area (Å²) in [5, 5.41) is 11.5. The van der Waals surface area contributed by atoms with E-state index in [-0.39, 0.29) is 34.6 Å². The quantitative estimate of drug-likeness (QED) is 0.391. The number of aromatic hydroxyl groups is 1. The van der Waals surface area contributed by atoms with Crippen molar-refractivity contribution in [2.45, 2.75) is 6.54 Å². The van der Waals surface area contributed by atoms with Crippen molar-refractivity contribution in [3.63, 3.8) is 0 Å². The maximum Gasteiger partial charge on any atom is 0.360 e. The number of aromatic nitrogens is 4. The van der Waals surface area contributed by atoms with Crippen LogP contribution in [0, 0.1) is 0 Å². The second kappa shape index (κ2) is 9.18. The molecule has 0 aliphatic rings. The van der Waals surface area contributed by atoms with E-state index >= 15 is 0 Å². The summed E-state index contributed by atoms with van der Waals surface area (Å²) in [5.41, 5.74) is 2.54. The Morgan fingerprint density at radius 3 is 2.29 bits per heavy atom. The molecule has 3 heterocycles. The van der Waals surface area contributed by atoms with Gasteiger partial charge < -0.3 is 14.4 Å². The first-order valence-corrected chi connectivity index (χ1v) is 10.8. The molecule has 0 atom stereocenters. The summed E-state index contributed by atoms with van der Waals surface area (Å²) in [7, 11) is 1.21. The molecule has 0 fully saturated rings.